The molecule has 18 heteroatoms. The van der Waals surface area contributed by atoms with Crippen molar-refractivity contribution >= 4 is 45.7 Å². The molecule has 10 heterocycles. The minimum Gasteiger partial charge on any atom is -0.368 e. The van der Waals surface area contributed by atoms with Crippen LogP contribution < -0.4 is 14.7 Å². The number of aromatic nitrogens is 7. The van der Waals surface area contributed by atoms with Crippen LogP contribution in [0, 0.1) is 22.7 Å². The summed E-state index contributed by atoms with van der Waals surface area (Å²) >= 11 is 0. The van der Waals surface area contributed by atoms with E-state index in [2.05, 4.69) is 69.7 Å². The molecule has 75 heavy (non-hydrogen) atoms. The van der Waals surface area contributed by atoms with E-state index in [9.17, 15) is 23.6 Å². The third-order valence-corrected chi connectivity index (χ3v) is 17.7. The summed E-state index contributed by atoms with van der Waals surface area (Å²) in [6.45, 7) is 12.7. The van der Waals surface area contributed by atoms with Crippen molar-refractivity contribution in [2.75, 3.05) is 80.1 Å². The van der Waals surface area contributed by atoms with Crippen LogP contribution in [0.5, 0.6) is 0 Å². The monoisotopic (exact) mass is 1020 g/mol. The van der Waals surface area contributed by atoms with Gasteiger partial charge in [0.25, 0.3) is 12.3 Å². The fourth-order valence-electron chi connectivity index (χ4n) is 13.6. The number of piperidine rings is 3. The van der Waals surface area contributed by atoms with Crippen LogP contribution in [-0.2, 0) is 31.2 Å². The molecule has 4 fully saturated rings. The van der Waals surface area contributed by atoms with Gasteiger partial charge in [0.15, 0.2) is 17.3 Å². The van der Waals surface area contributed by atoms with Gasteiger partial charge in [-0.05, 0) is 136 Å². The number of hydrogen-bond donors (Lipinski definition) is 0. The second kappa shape index (κ2) is 19.9. The van der Waals surface area contributed by atoms with Gasteiger partial charge in [0.05, 0.1) is 29.9 Å². The first kappa shape index (κ1) is 48.9. The van der Waals surface area contributed by atoms with Crippen molar-refractivity contribution in [2.24, 2.45) is 18.4 Å². The van der Waals surface area contributed by atoms with Crippen molar-refractivity contribution in [3.63, 3.8) is 0 Å². The molecule has 0 bridgehead atoms. The maximum absolute atomic E-state index is 14.8. The molecule has 390 valence electrons. The maximum Gasteiger partial charge on any atom is 0.274 e. The number of anilines is 4. The lowest BCUT2D eigenvalue weighted by molar-refractivity contribution is -0.129. The van der Waals surface area contributed by atoms with Crippen molar-refractivity contribution in [3.8, 4) is 17.2 Å². The maximum atomic E-state index is 14.8. The van der Waals surface area contributed by atoms with Crippen molar-refractivity contribution in [1.29, 1.82) is 5.26 Å². The highest BCUT2D eigenvalue weighted by molar-refractivity contribution is 5.95. The van der Waals surface area contributed by atoms with Crippen LogP contribution >= 0.6 is 0 Å². The number of amides is 2. The van der Waals surface area contributed by atoms with E-state index in [1.54, 1.807) is 43.3 Å². The molecular formula is C57H66F2N14O2. The summed E-state index contributed by atoms with van der Waals surface area (Å²) in [5.74, 6) is 2.07. The molecule has 0 radical (unpaired) electrons. The van der Waals surface area contributed by atoms with Crippen LogP contribution in [0.2, 0.25) is 0 Å². The molecule has 16 nitrogen and oxygen atoms in total. The molecule has 4 aromatic heterocycles. The number of rotatable bonds is 9. The zero-order valence-corrected chi connectivity index (χ0v) is 43.3. The average Bonchev–Trinajstić information content (AvgIpc) is 4.16. The summed E-state index contributed by atoms with van der Waals surface area (Å²) < 4.78 is 33.5. The Balaban J connectivity index is 0.646. The van der Waals surface area contributed by atoms with Crippen LogP contribution in [0.4, 0.5) is 31.8 Å². The molecular weight excluding hydrogens is 951 g/mol. The molecule has 0 N–H and O–H groups in total. The van der Waals surface area contributed by atoms with Gasteiger partial charge >= 0.3 is 0 Å². The van der Waals surface area contributed by atoms with Crippen molar-refractivity contribution in [1.82, 2.24) is 49.4 Å². The largest absolute Gasteiger partial charge is 0.368 e. The van der Waals surface area contributed by atoms with E-state index in [-0.39, 0.29) is 28.8 Å². The number of carbonyl (C=O) groups is 2. The van der Waals surface area contributed by atoms with Crippen LogP contribution in [-0.4, -0.2) is 133 Å². The van der Waals surface area contributed by atoms with E-state index in [1.807, 2.05) is 40.1 Å². The predicted octanol–water partition coefficient (Wildman–Crippen LogP) is 8.49. The van der Waals surface area contributed by atoms with Gasteiger partial charge in [-0.1, -0.05) is 0 Å². The Labute approximate surface area is 436 Å². The number of nitrogens with zero attached hydrogens (tertiary/aromatic N) is 14. The van der Waals surface area contributed by atoms with Crippen molar-refractivity contribution in [3.05, 3.63) is 101 Å². The van der Waals surface area contributed by atoms with E-state index in [0.717, 1.165) is 148 Å². The fourth-order valence-corrected chi connectivity index (χ4v) is 13.6. The SMILES string of the molecule is CC(=O)N1CCc2c(c(N3CCCc4cc(-c5cnn(C)c5)c(C(F)F)cc43)nn2C2CCN(CC3CCN(C(=O)c4ccc(N5CCC6(CC5)C[C@H](C)N(c5ccc(C#N)c7ncccc57)C6)nn4)CC3)CC2)C1. The van der Waals surface area contributed by atoms with Gasteiger partial charge in [0.1, 0.15) is 6.07 Å². The Morgan fingerprint density at radius 3 is 2.44 bits per heavy atom. The smallest absolute Gasteiger partial charge is 0.274 e. The summed E-state index contributed by atoms with van der Waals surface area (Å²) in [5.41, 5.74) is 8.26. The molecule has 0 saturated carbocycles. The highest BCUT2D eigenvalue weighted by Crippen LogP contribution is 2.48. The highest BCUT2D eigenvalue weighted by Gasteiger charge is 2.45. The number of fused-ring (bicyclic) bond motifs is 3. The summed E-state index contributed by atoms with van der Waals surface area (Å²) in [5, 5.41) is 29.4. The molecule has 4 saturated heterocycles. The first-order valence-electron chi connectivity index (χ1n) is 27.1. The lowest BCUT2D eigenvalue weighted by atomic mass is 9.77. The number of halogens is 2. The van der Waals surface area contributed by atoms with Gasteiger partial charge in [0, 0.05) is 143 Å². The van der Waals surface area contributed by atoms with Gasteiger partial charge in [-0.2, -0.15) is 15.5 Å². The van der Waals surface area contributed by atoms with E-state index in [0.29, 0.717) is 73.5 Å². The van der Waals surface area contributed by atoms with Gasteiger partial charge in [-0.3, -0.25) is 23.9 Å². The molecule has 6 aromatic rings. The number of pyridine rings is 1. The number of hydrogen-bond acceptors (Lipinski definition) is 12. The van der Waals surface area contributed by atoms with E-state index in [4.69, 9.17) is 5.10 Å². The Morgan fingerprint density at radius 1 is 0.907 bits per heavy atom. The summed E-state index contributed by atoms with van der Waals surface area (Å²) in [7, 11) is 1.79. The Kier molecular flexibility index (Phi) is 13.0. The lowest BCUT2D eigenvalue weighted by Gasteiger charge is -2.40. The third-order valence-electron chi connectivity index (χ3n) is 17.7. The zero-order chi connectivity index (χ0) is 51.5. The van der Waals surface area contributed by atoms with E-state index >= 15 is 0 Å². The molecule has 0 aliphatic carbocycles. The molecule has 12 rings (SSSR count). The van der Waals surface area contributed by atoms with Crippen LogP contribution in [0.15, 0.2) is 67.1 Å². The Morgan fingerprint density at radius 2 is 1.72 bits per heavy atom. The predicted molar refractivity (Wildman–Crippen MR) is 283 cm³/mol. The molecule has 6 aliphatic rings. The van der Waals surface area contributed by atoms with Gasteiger partial charge in [0.2, 0.25) is 5.91 Å². The zero-order valence-electron chi connectivity index (χ0n) is 43.3. The summed E-state index contributed by atoms with van der Waals surface area (Å²) in [4.78, 5) is 44.4. The molecule has 2 amide bonds. The van der Waals surface area contributed by atoms with Gasteiger partial charge < -0.3 is 29.4 Å². The minimum absolute atomic E-state index is 0.0130. The third kappa shape index (κ3) is 9.24. The molecule has 1 atom stereocenters. The first-order chi connectivity index (χ1) is 36.4. The minimum atomic E-state index is -2.66. The average molecular weight is 1020 g/mol. The number of alkyl halides is 2. The Bertz CT molecular complexity index is 3160. The van der Waals surface area contributed by atoms with E-state index < -0.39 is 6.43 Å². The topological polar surface area (TPSA) is 152 Å². The summed E-state index contributed by atoms with van der Waals surface area (Å²) in [6, 6.07) is 18.3. The Hall–Kier alpha value is -7.00. The standard InChI is InChI=1S/C57H66F2N14O2/c1-37-30-57(36-72(37)49-10-8-41(31-60)53-44(49)7-4-19-61-53)17-26-68(27-18-57)52-11-9-48(63-64-52)56(75)69-23-12-39(13-24-69)33-67-21-14-43(15-22-67)73-50-16-25-70(38(2)74)35-47(50)55(65-73)71-20-5-6-40-28-45(42-32-62-66(3)34-42)46(54(58)59)29-51(40)71/h4,7-11,19,28-29,32,34,37,39,43,54H,5-6,12-18,20-27,30,33,35-36H2,1-3H3/t37-/m0/s1. The number of nitriles is 1. The van der Waals surface area contributed by atoms with Crippen LogP contribution in [0.3, 0.4) is 0 Å². The normalized spacial score (nSPS) is 20.5. The molecule has 6 aliphatic heterocycles. The number of likely N-dealkylation sites (tertiary alicyclic amines) is 2. The van der Waals surface area contributed by atoms with Gasteiger partial charge in [-0.25, -0.2) is 8.78 Å². The molecule has 2 aromatic carbocycles. The second-order valence-electron chi connectivity index (χ2n) is 22.3. The number of carbonyl (C=O) groups excluding carboxylic acids is 2. The fraction of sp³-hybridized carbons (Fsp3) is 0.509. The van der Waals surface area contributed by atoms with Gasteiger partial charge in [-0.15, -0.1) is 10.2 Å². The first-order valence-corrected chi connectivity index (χ1v) is 27.1. The van der Waals surface area contributed by atoms with Crippen LogP contribution in [0.25, 0.3) is 22.0 Å². The van der Waals surface area contributed by atoms with Crippen LogP contribution in [0.1, 0.15) is 116 Å². The lowest BCUT2D eigenvalue weighted by Crippen LogP contribution is -2.44. The summed E-state index contributed by atoms with van der Waals surface area (Å²) in [6.07, 6.45) is 11.9. The molecule has 0 unspecified atom stereocenters. The number of benzene rings is 2. The second-order valence-corrected chi connectivity index (χ2v) is 22.3. The van der Waals surface area contributed by atoms with Crippen molar-refractivity contribution in [2.45, 2.75) is 103 Å². The number of aryl methyl sites for hydroxylation is 2. The molecule has 1 spiro atoms. The quantitative estimate of drug-likeness (QED) is 0.137. The van der Waals surface area contributed by atoms with Crippen molar-refractivity contribution < 1.29 is 18.4 Å². The highest BCUT2D eigenvalue weighted by atomic mass is 19.3. The van der Waals surface area contributed by atoms with E-state index in [1.165, 1.54) is 0 Å².